The number of ether oxygens (including phenoxy) is 2. The van der Waals surface area contributed by atoms with Gasteiger partial charge in [-0.15, -0.1) is 0 Å². The Kier molecular flexibility index (Phi) is 17.0. The van der Waals surface area contributed by atoms with Gasteiger partial charge in [0.05, 0.1) is 13.2 Å². The maximum Gasteiger partial charge on any atom is 0.474 e. The van der Waals surface area contributed by atoms with Crippen LogP contribution in [-0.2, 0) is 27.6 Å². The van der Waals surface area contributed by atoms with Crippen LogP contribution in [-0.4, -0.2) is 39.8 Å². The summed E-state index contributed by atoms with van der Waals surface area (Å²) in [6, 6.07) is 0. The Balaban J connectivity index is 1.88. The van der Waals surface area contributed by atoms with Crippen molar-refractivity contribution in [3.05, 3.63) is 12.2 Å². The van der Waals surface area contributed by atoms with Crippen LogP contribution in [0.3, 0.4) is 0 Å². The molecule has 0 N–H and O–H groups in total. The van der Waals surface area contributed by atoms with E-state index in [1.807, 2.05) is 0 Å². The molecule has 1 fully saturated rings. The standard InChI is InChI=1S/C23H45O6P/c1-4-5-6-7-8-9-10-11-12-13-14-15-16-17-18-19-23-27-20-22(29-23)21-28-30(24,25-2)26-3/h11-12,22-23H,4-10,13-21H2,1-3H3. The van der Waals surface area contributed by atoms with Crippen LogP contribution in [0.5, 0.6) is 0 Å². The van der Waals surface area contributed by atoms with Crippen LogP contribution in [0.25, 0.3) is 0 Å². The van der Waals surface area contributed by atoms with Gasteiger partial charge >= 0.3 is 7.82 Å². The Morgan fingerprint density at radius 1 is 0.867 bits per heavy atom. The van der Waals surface area contributed by atoms with Crippen LogP contribution in [0.1, 0.15) is 96.8 Å². The third-order valence-electron chi connectivity index (χ3n) is 5.38. The van der Waals surface area contributed by atoms with Crippen molar-refractivity contribution in [2.45, 2.75) is 109 Å². The van der Waals surface area contributed by atoms with Crippen molar-refractivity contribution in [3.8, 4) is 0 Å². The number of phosphoric acid groups is 1. The van der Waals surface area contributed by atoms with Gasteiger partial charge in [0.15, 0.2) is 6.29 Å². The molecule has 178 valence electrons. The molecule has 0 aromatic rings. The van der Waals surface area contributed by atoms with E-state index in [4.69, 9.17) is 23.0 Å². The van der Waals surface area contributed by atoms with Crippen molar-refractivity contribution in [2.24, 2.45) is 0 Å². The van der Waals surface area contributed by atoms with Crippen LogP contribution in [0.2, 0.25) is 0 Å². The molecule has 0 aliphatic carbocycles. The fourth-order valence-corrected chi connectivity index (χ4v) is 4.19. The van der Waals surface area contributed by atoms with Gasteiger partial charge in [0.2, 0.25) is 0 Å². The molecule has 0 radical (unpaired) electrons. The number of hydrogen-bond donors (Lipinski definition) is 0. The second-order valence-corrected chi connectivity index (χ2v) is 9.88. The molecule has 0 spiro atoms. The quantitative estimate of drug-likeness (QED) is 0.112. The van der Waals surface area contributed by atoms with E-state index in [1.165, 1.54) is 91.3 Å². The van der Waals surface area contributed by atoms with Gasteiger partial charge in [0.25, 0.3) is 0 Å². The van der Waals surface area contributed by atoms with Gasteiger partial charge in [-0.05, 0) is 38.5 Å². The molecular weight excluding hydrogens is 403 g/mol. The average Bonchev–Trinajstić information content (AvgIpc) is 3.22. The molecule has 0 aromatic heterocycles. The molecule has 1 rings (SSSR count). The first-order valence-corrected chi connectivity index (χ1v) is 13.4. The molecule has 30 heavy (non-hydrogen) atoms. The number of allylic oxidation sites excluding steroid dienone is 2. The van der Waals surface area contributed by atoms with Gasteiger partial charge in [-0.2, -0.15) is 0 Å². The van der Waals surface area contributed by atoms with E-state index in [1.54, 1.807) is 0 Å². The summed E-state index contributed by atoms with van der Waals surface area (Å²) in [5.41, 5.74) is 0. The summed E-state index contributed by atoms with van der Waals surface area (Å²) in [5.74, 6) is 0. The van der Waals surface area contributed by atoms with E-state index in [-0.39, 0.29) is 19.0 Å². The third kappa shape index (κ3) is 14.0. The molecule has 0 amide bonds. The molecule has 2 unspecified atom stereocenters. The first-order chi connectivity index (χ1) is 14.6. The highest BCUT2D eigenvalue weighted by Gasteiger charge is 2.30. The Labute approximate surface area is 184 Å². The lowest BCUT2D eigenvalue weighted by atomic mass is 10.1. The number of rotatable bonds is 20. The summed E-state index contributed by atoms with van der Waals surface area (Å²) in [6.45, 7) is 2.85. The summed E-state index contributed by atoms with van der Waals surface area (Å²) >= 11 is 0. The van der Waals surface area contributed by atoms with Crippen molar-refractivity contribution in [3.63, 3.8) is 0 Å². The zero-order valence-corrected chi connectivity index (χ0v) is 20.4. The van der Waals surface area contributed by atoms with Gasteiger partial charge in [-0.1, -0.05) is 70.4 Å². The minimum absolute atomic E-state index is 0.141. The fourth-order valence-electron chi connectivity index (χ4n) is 3.48. The Morgan fingerprint density at radius 3 is 2.03 bits per heavy atom. The summed E-state index contributed by atoms with van der Waals surface area (Å²) in [7, 11) is -0.852. The molecule has 7 heteroatoms. The van der Waals surface area contributed by atoms with Crippen LogP contribution in [0, 0.1) is 0 Å². The molecule has 6 nitrogen and oxygen atoms in total. The zero-order valence-electron chi connectivity index (χ0n) is 19.5. The predicted molar refractivity (Wildman–Crippen MR) is 122 cm³/mol. The first-order valence-electron chi connectivity index (χ1n) is 11.9. The van der Waals surface area contributed by atoms with Crippen LogP contribution >= 0.6 is 7.82 Å². The second-order valence-electron chi connectivity index (χ2n) is 8.00. The minimum atomic E-state index is -3.45. The lowest BCUT2D eigenvalue weighted by molar-refractivity contribution is -0.0702. The highest BCUT2D eigenvalue weighted by atomic mass is 31.2. The third-order valence-corrected chi connectivity index (χ3v) is 6.74. The average molecular weight is 449 g/mol. The van der Waals surface area contributed by atoms with Crippen molar-refractivity contribution >= 4 is 7.82 Å². The lowest BCUT2D eigenvalue weighted by Gasteiger charge is -2.16. The molecule has 1 saturated heterocycles. The predicted octanol–water partition coefficient (Wildman–Crippen LogP) is 7.18. The Morgan fingerprint density at radius 2 is 1.43 bits per heavy atom. The van der Waals surface area contributed by atoms with Gasteiger partial charge in [-0.25, -0.2) is 4.57 Å². The van der Waals surface area contributed by atoms with E-state index in [0.717, 1.165) is 12.8 Å². The van der Waals surface area contributed by atoms with E-state index < -0.39 is 7.82 Å². The molecular formula is C23H45O6P. The fraction of sp³-hybridized carbons (Fsp3) is 0.913. The molecule has 0 bridgehead atoms. The summed E-state index contributed by atoms with van der Waals surface area (Å²) in [4.78, 5) is 0. The van der Waals surface area contributed by atoms with E-state index in [9.17, 15) is 4.57 Å². The number of hydrogen-bond acceptors (Lipinski definition) is 6. The number of phosphoric ester groups is 1. The maximum absolute atomic E-state index is 11.9. The lowest BCUT2D eigenvalue weighted by Crippen LogP contribution is -2.18. The second kappa shape index (κ2) is 18.4. The normalized spacial score (nSPS) is 19.8. The van der Waals surface area contributed by atoms with Gasteiger partial charge < -0.3 is 9.47 Å². The summed E-state index contributed by atoms with van der Waals surface area (Å²) in [5, 5.41) is 0. The molecule has 1 heterocycles. The van der Waals surface area contributed by atoms with Crippen molar-refractivity contribution in [1.82, 2.24) is 0 Å². The Bertz CT molecular complexity index is 463. The smallest absolute Gasteiger partial charge is 0.350 e. The maximum atomic E-state index is 11.9. The van der Waals surface area contributed by atoms with E-state index in [2.05, 4.69) is 19.1 Å². The summed E-state index contributed by atoms with van der Waals surface area (Å²) < 4.78 is 37.9. The minimum Gasteiger partial charge on any atom is -0.350 e. The van der Waals surface area contributed by atoms with Crippen molar-refractivity contribution in [2.75, 3.05) is 27.4 Å². The highest BCUT2D eigenvalue weighted by molar-refractivity contribution is 7.48. The molecule has 1 aliphatic heterocycles. The topological polar surface area (TPSA) is 63.2 Å². The molecule has 1 aliphatic rings. The molecule has 0 saturated carbocycles. The van der Waals surface area contributed by atoms with Crippen LogP contribution < -0.4 is 0 Å². The monoisotopic (exact) mass is 448 g/mol. The van der Waals surface area contributed by atoms with Gasteiger partial charge in [0, 0.05) is 14.2 Å². The van der Waals surface area contributed by atoms with Gasteiger partial charge in [0.1, 0.15) is 6.10 Å². The van der Waals surface area contributed by atoms with E-state index >= 15 is 0 Å². The molecule has 2 atom stereocenters. The largest absolute Gasteiger partial charge is 0.474 e. The van der Waals surface area contributed by atoms with E-state index in [0.29, 0.717) is 6.61 Å². The van der Waals surface area contributed by atoms with Crippen LogP contribution in [0.4, 0.5) is 0 Å². The Hall–Kier alpha value is -0.230. The zero-order chi connectivity index (χ0) is 21.9. The summed E-state index contributed by atoms with van der Waals surface area (Å²) in [6.07, 6.45) is 22.0. The van der Waals surface area contributed by atoms with Crippen LogP contribution in [0.15, 0.2) is 12.2 Å². The van der Waals surface area contributed by atoms with Crippen molar-refractivity contribution in [1.29, 1.82) is 0 Å². The van der Waals surface area contributed by atoms with Gasteiger partial charge in [-0.3, -0.25) is 13.6 Å². The highest BCUT2D eigenvalue weighted by Crippen LogP contribution is 2.47. The SMILES string of the molecule is CCCCCCCCC=CCCCCCCCC1OCC(COP(=O)(OC)OC)O1. The molecule has 0 aromatic carbocycles. The first kappa shape index (κ1) is 27.8. The number of unbranched alkanes of at least 4 members (excludes halogenated alkanes) is 11. The van der Waals surface area contributed by atoms with Crippen molar-refractivity contribution < 1.29 is 27.6 Å².